The molecule has 1 unspecified atom stereocenters. The molecule has 30 heavy (non-hydrogen) atoms. The summed E-state index contributed by atoms with van der Waals surface area (Å²) in [4.78, 5) is 10.7. The number of fused-ring (bicyclic) bond motifs is 1. The molecule has 0 fully saturated rings. The first-order valence-corrected chi connectivity index (χ1v) is 9.08. The Kier molecular flexibility index (Phi) is 6.18. The van der Waals surface area contributed by atoms with Crippen molar-refractivity contribution in [3.8, 4) is 5.75 Å². The van der Waals surface area contributed by atoms with E-state index in [1.165, 1.54) is 12.1 Å². The first-order chi connectivity index (χ1) is 14.2. The largest absolute Gasteiger partial charge is 0.480 e. The van der Waals surface area contributed by atoms with Gasteiger partial charge >= 0.3 is 12.3 Å². The molecule has 0 saturated heterocycles. The summed E-state index contributed by atoms with van der Waals surface area (Å²) in [7, 11) is 0. The summed E-state index contributed by atoms with van der Waals surface area (Å²) < 4.78 is 61.4. The van der Waals surface area contributed by atoms with E-state index >= 15 is 0 Å². The van der Waals surface area contributed by atoms with E-state index < -0.39 is 30.4 Å². The molecule has 0 bridgehead atoms. The van der Waals surface area contributed by atoms with Gasteiger partial charge in [-0.25, -0.2) is 9.18 Å². The maximum absolute atomic E-state index is 14.2. The first-order valence-electron chi connectivity index (χ1n) is 9.08. The Balaban J connectivity index is 1.78. The molecule has 0 radical (unpaired) electrons. The molecule has 1 aliphatic carbocycles. The Labute approximate surface area is 169 Å². The normalized spacial score (nSPS) is 18.3. The lowest BCUT2D eigenvalue weighted by atomic mass is 9.88. The number of hydrazone groups is 1. The van der Waals surface area contributed by atoms with Crippen LogP contribution in [0.2, 0.25) is 0 Å². The van der Waals surface area contributed by atoms with Crippen molar-refractivity contribution in [1.82, 2.24) is 5.01 Å². The van der Waals surface area contributed by atoms with Crippen LogP contribution >= 0.6 is 0 Å². The Morgan fingerprint density at radius 2 is 2.07 bits per heavy atom. The van der Waals surface area contributed by atoms with E-state index in [2.05, 4.69) is 5.10 Å². The number of alkyl halides is 3. The zero-order chi connectivity index (χ0) is 21.9. The number of halogens is 4. The monoisotopic (exact) mass is 428 g/mol. The van der Waals surface area contributed by atoms with Crippen molar-refractivity contribution in [3.63, 3.8) is 0 Å². The molecular formula is C19H20F4N4O3. The number of allylic oxidation sites excluding steroid dienone is 2. The predicted octanol–water partition coefficient (Wildman–Crippen LogP) is 2.92. The molecule has 11 heteroatoms. The average Bonchev–Trinajstić information content (AvgIpc) is 2.98. The van der Waals surface area contributed by atoms with Gasteiger partial charge in [0.2, 0.25) is 0 Å². The molecular weight excluding hydrogens is 408 g/mol. The standard InChI is InChI=1S/C19H20F4N4O3/c20-14-4-1-3-12(16(14)30-10-19(21,22)23)11-5-6-13-15(9-11)27(26-17(13)24)7-2-8-29-18(25)28/h1,3-6,15H,2,7-10H2,(H2,24,26)(H2,25,28). The first kappa shape index (κ1) is 21.5. The third-order valence-corrected chi connectivity index (χ3v) is 4.60. The fraction of sp³-hybridized carbons (Fsp3) is 0.368. The minimum atomic E-state index is -4.59. The SMILES string of the molecule is NC(=O)OCCCN1N=C(N)C2=CC=C(c3cccc(F)c3OCC(F)(F)F)CC21. The zero-order valence-corrected chi connectivity index (χ0v) is 15.8. The number of ether oxygens (including phenoxy) is 2. The number of nitrogens with zero attached hydrogens (tertiary/aromatic N) is 2. The van der Waals surface area contributed by atoms with Gasteiger partial charge in [0.25, 0.3) is 0 Å². The molecule has 0 saturated carbocycles. The number of hydrogen-bond acceptors (Lipinski definition) is 6. The number of nitrogens with two attached hydrogens (primary N) is 2. The molecule has 1 amide bonds. The van der Waals surface area contributed by atoms with Crippen LogP contribution < -0.4 is 16.2 Å². The van der Waals surface area contributed by atoms with Gasteiger partial charge in [-0.2, -0.15) is 18.3 Å². The summed E-state index contributed by atoms with van der Waals surface area (Å²) in [5, 5.41) is 5.99. The number of rotatable bonds is 7. The second kappa shape index (κ2) is 8.64. The highest BCUT2D eigenvalue weighted by atomic mass is 19.4. The molecule has 0 aromatic heterocycles. The van der Waals surface area contributed by atoms with Crippen LogP contribution in [0.3, 0.4) is 0 Å². The van der Waals surface area contributed by atoms with Crippen molar-refractivity contribution in [2.24, 2.45) is 16.6 Å². The predicted molar refractivity (Wildman–Crippen MR) is 101 cm³/mol. The van der Waals surface area contributed by atoms with Crippen LogP contribution in [-0.2, 0) is 4.74 Å². The molecule has 1 atom stereocenters. The van der Waals surface area contributed by atoms with Crippen molar-refractivity contribution in [2.45, 2.75) is 25.1 Å². The highest BCUT2D eigenvalue weighted by Gasteiger charge is 2.34. The van der Waals surface area contributed by atoms with E-state index in [4.69, 9.17) is 20.9 Å². The number of para-hydroxylation sites is 1. The van der Waals surface area contributed by atoms with Gasteiger partial charge in [0.15, 0.2) is 18.2 Å². The maximum Gasteiger partial charge on any atom is 0.422 e. The molecule has 1 aromatic rings. The zero-order valence-electron chi connectivity index (χ0n) is 15.8. The van der Waals surface area contributed by atoms with Gasteiger partial charge in [0.1, 0.15) is 5.84 Å². The number of carbonyl (C=O) groups excluding carboxylic acids is 1. The Hall–Kier alpha value is -3.24. The average molecular weight is 428 g/mol. The van der Waals surface area contributed by atoms with Crippen molar-refractivity contribution in [2.75, 3.05) is 19.8 Å². The highest BCUT2D eigenvalue weighted by molar-refractivity contribution is 6.01. The van der Waals surface area contributed by atoms with E-state index in [0.717, 1.165) is 11.6 Å². The van der Waals surface area contributed by atoms with Crippen LogP contribution in [0.1, 0.15) is 18.4 Å². The summed E-state index contributed by atoms with van der Waals surface area (Å²) in [6, 6.07) is 3.67. The quantitative estimate of drug-likeness (QED) is 0.514. The number of hydrogen-bond donors (Lipinski definition) is 2. The number of primary amides is 1. The summed E-state index contributed by atoms with van der Waals surface area (Å²) in [5.41, 5.74) is 12.5. The van der Waals surface area contributed by atoms with Crippen molar-refractivity contribution >= 4 is 17.5 Å². The van der Waals surface area contributed by atoms with Gasteiger partial charge in [-0.1, -0.05) is 24.3 Å². The Morgan fingerprint density at radius 3 is 2.77 bits per heavy atom. The topological polar surface area (TPSA) is 103 Å². The summed E-state index contributed by atoms with van der Waals surface area (Å²) in [5.74, 6) is -1.01. The molecule has 2 aliphatic rings. The molecule has 1 heterocycles. The molecule has 1 aliphatic heterocycles. The van der Waals surface area contributed by atoms with E-state index in [9.17, 15) is 22.4 Å². The number of amides is 1. The van der Waals surface area contributed by atoms with Crippen molar-refractivity contribution in [3.05, 3.63) is 47.3 Å². The van der Waals surface area contributed by atoms with Crippen molar-refractivity contribution < 1.29 is 31.8 Å². The van der Waals surface area contributed by atoms with Gasteiger partial charge in [0.05, 0.1) is 12.6 Å². The van der Waals surface area contributed by atoms with Crippen LogP contribution in [0.5, 0.6) is 5.75 Å². The summed E-state index contributed by atoms with van der Waals surface area (Å²) >= 11 is 0. The summed E-state index contributed by atoms with van der Waals surface area (Å²) in [6.45, 7) is -1.08. The maximum atomic E-state index is 14.2. The van der Waals surface area contributed by atoms with Crippen LogP contribution in [0, 0.1) is 5.82 Å². The highest BCUT2D eigenvalue weighted by Crippen LogP contribution is 2.38. The van der Waals surface area contributed by atoms with E-state index in [-0.39, 0.29) is 18.2 Å². The molecule has 4 N–H and O–H groups in total. The second-order valence-electron chi connectivity index (χ2n) is 6.72. The van der Waals surface area contributed by atoms with Gasteiger partial charge in [0, 0.05) is 24.1 Å². The fourth-order valence-corrected chi connectivity index (χ4v) is 3.34. The lowest BCUT2D eigenvalue weighted by Gasteiger charge is -2.28. The van der Waals surface area contributed by atoms with Gasteiger partial charge in [-0.05, 0) is 18.1 Å². The van der Waals surface area contributed by atoms with Crippen LogP contribution in [0.4, 0.5) is 22.4 Å². The molecule has 162 valence electrons. The van der Waals surface area contributed by atoms with Gasteiger partial charge in [-0.15, -0.1) is 0 Å². The van der Waals surface area contributed by atoms with E-state index in [1.54, 1.807) is 17.2 Å². The minimum absolute atomic E-state index is 0.106. The number of benzene rings is 1. The van der Waals surface area contributed by atoms with Gasteiger partial charge < -0.3 is 20.9 Å². The molecule has 0 spiro atoms. The van der Waals surface area contributed by atoms with E-state index in [0.29, 0.717) is 30.8 Å². The molecule has 1 aromatic carbocycles. The lowest BCUT2D eigenvalue weighted by Crippen LogP contribution is -2.32. The third-order valence-electron chi connectivity index (χ3n) is 4.60. The number of carbonyl (C=O) groups is 1. The Morgan fingerprint density at radius 1 is 1.30 bits per heavy atom. The fourth-order valence-electron chi connectivity index (χ4n) is 3.34. The summed E-state index contributed by atoms with van der Waals surface area (Å²) in [6.07, 6.45) is -1.31. The molecule has 3 rings (SSSR count). The van der Waals surface area contributed by atoms with Gasteiger partial charge in [-0.3, -0.25) is 5.01 Å². The van der Waals surface area contributed by atoms with Crippen LogP contribution in [0.15, 0.2) is 41.0 Å². The van der Waals surface area contributed by atoms with E-state index in [1.807, 2.05) is 0 Å². The van der Waals surface area contributed by atoms with Crippen molar-refractivity contribution in [1.29, 1.82) is 0 Å². The minimum Gasteiger partial charge on any atom is -0.480 e. The second-order valence-corrected chi connectivity index (χ2v) is 6.72. The lowest BCUT2D eigenvalue weighted by molar-refractivity contribution is -0.153. The molecule has 7 nitrogen and oxygen atoms in total. The Bertz CT molecular complexity index is 912. The smallest absolute Gasteiger partial charge is 0.422 e. The number of amidine groups is 1. The van der Waals surface area contributed by atoms with Crippen LogP contribution in [-0.4, -0.2) is 48.9 Å². The van der Waals surface area contributed by atoms with Crippen LogP contribution in [0.25, 0.3) is 5.57 Å². The third kappa shape index (κ3) is 5.02.